The van der Waals surface area contributed by atoms with Crippen LogP contribution in [0.3, 0.4) is 0 Å². The molecule has 0 N–H and O–H groups in total. The molecule has 2 saturated heterocycles. The van der Waals surface area contributed by atoms with Crippen LogP contribution in [-0.2, 0) is 4.79 Å². The molecule has 1 atom stereocenters. The molecule has 7 heteroatoms. The number of hydrogen-bond acceptors (Lipinski definition) is 4. The van der Waals surface area contributed by atoms with Crippen LogP contribution in [0.2, 0.25) is 0 Å². The van der Waals surface area contributed by atoms with Gasteiger partial charge >= 0.3 is 0 Å². The fourth-order valence-corrected chi connectivity index (χ4v) is 4.74. The van der Waals surface area contributed by atoms with Gasteiger partial charge in [-0.15, -0.1) is 0 Å². The Morgan fingerprint density at radius 1 is 0.970 bits per heavy atom. The molecular weight excluding hydrogens is 421 g/mol. The molecule has 4 rings (SSSR count). The van der Waals surface area contributed by atoms with E-state index in [-0.39, 0.29) is 11.8 Å². The highest BCUT2D eigenvalue weighted by molar-refractivity contribution is 5.94. The lowest BCUT2D eigenvalue weighted by Gasteiger charge is -2.43. The molecular formula is C26H32FN3O3. The van der Waals surface area contributed by atoms with E-state index >= 15 is 0 Å². The van der Waals surface area contributed by atoms with Gasteiger partial charge in [0.2, 0.25) is 5.91 Å². The van der Waals surface area contributed by atoms with Gasteiger partial charge in [-0.3, -0.25) is 9.59 Å². The van der Waals surface area contributed by atoms with Gasteiger partial charge in [-0.1, -0.05) is 24.3 Å². The predicted molar refractivity (Wildman–Crippen MR) is 125 cm³/mol. The summed E-state index contributed by atoms with van der Waals surface area (Å²) in [7, 11) is 2.06. The molecule has 176 valence electrons. The number of likely N-dealkylation sites (tertiary alicyclic amines) is 1. The molecule has 2 aliphatic rings. The average Bonchev–Trinajstić information content (AvgIpc) is 2.83. The number of carbonyl (C=O) groups excluding carboxylic acids is 2. The van der Waals surface area contributed by atoms with Crippen LogP contribution in [0.25, 0.3) is 0 Å². The molecule has 6 nitrogen and oxygen atoms in total. The highest BCUT2D eigenvalue weighted by Gasteiger charge is 2.41. The SMILES string of the molecule is CN1CCN(C(=O)C[C@@]2(COc3ccccc3)CCCN(C(=O)c3cccc(F)c3)C2)CC1. The van der Waals surface area contributed by atoms with Gasteiger partial charge < -0.3 is 19.4 Å². The van der Waals surface area contributed by atoms with Crippen molar-refractivity contribution in [3.05, 3.63) is 66.0 Å². The minimum Gasteiger partial charge on any atom is -0.493 e. The summed E-state index contributed by atoms with van der Waals surface area (Å²) in [6.45, 7) is 4.52. The van der Waals surface area contributed by atoms with Gasteiger partial charge in [-0.2, -0.15) is 0 Å². The lowest BCUT2D eigenvalue weighted by atomic mass is 9.77. The van der Waals surface area contributed by atoms with E-state index in [2.05, 4.69) is 11.9 Å². The standard InChI is InChI=1S/C26H32FN3O3/c1-28-13-15-29(16-14-28)24(31)18-26(20-33-23-9-3-2-4-10-23)11-6-12-30(19-26)25(32)21-7-5-8-22(27)17-21/h2-5,7-10,17H,6,11-16,18-20H2,1H3/t26-/m0/s1. The zero-order valence-electron chi connectivity index (χ0n) is 19.2. The first kappa shape index (κ1) is 23.2. The quantitative estimate of drug-likeness (QED) is 0.674. The Morgan fingerprint density at radius 2 is 1.73 bits per heavy atom. The van der Waals surface area contributed by atoms with Crippen LogP contribution in [0, 0.1) is 11.2 Å². The Kier molecular flexibility index (Phi) is 7.28. The molecule has 0 aromatic heterocycles. The third-order valence-corrected chi connectivity index (χ3v) is 6.69. The molecule has 0 aliphatic carbocycles. The second kappa shape index (κ2) is 10.3. The largest absolute Gasteiger partial charge is 0.493 e. The summed E-state index contributed by atoms with van der Waals surface area (Å²) in [5, 5.41) is 0. The summed E-state index contributed by atoms with van der Waals surface area (Å²) in [5.41, 5.74) is -0.155. The Balaban J connectivity index is 1.52. The van der Waals surface area contributed by atoms with Crippen LogP contribution in [0.15, 0.2) is 54.6 Å². The van der Waals surface area contributed by atoms with Gasteiger partial charge in [-0.25, -0.2) is 4.39 Å². The molecule has 0 radical (unpaired) electrons. The summed E-state index contributed by atoms with van der Waals surface area (Å²) in [6, 6.07) is 15.3. The van der Waals surface area contributed by atoms with Crippen molar-refractivity contribution in [1.29, 1.82) is 0 Å². The van der Waals surface area contributed by atoms with Gasteiger partial charge in [-0.05, 0) is 50.2 Å². The number of hydrogen-bond donors (Lipinski definition) is 0. The monoisotopic (exact) mass is 453 g/mol. The summed E-state index contributed by atoms with van der Waals surface area (Å²) < 4.78 is 19.8. The fraction of sp³-hybridized carbons (Fsp3) is 0.462. The number of rotatable bonds is 6. The molecule has 2 heterocycles. The normalized spacial score (nSPS) is 21.6. The molecule has 0 spiro atoms. The van der Waals surface area contributed by atoms with Crippen molar-refractivity contribution >= 4 is 11.8 Å². The number of halogens is 1. The van der Waals surface area contributed by atoms with Gasteiger partial charge in [0.05, 0.1) is 6.61 Å². The smallest absolute Gasteiger partial charge is 0.253 e. The van der Waals surface area contributed by atoms with E-state index in [1.165, 1.54) is 12.1 Å². The summed E-state index contributed by atoms with van der Waals surface area (Å²) >= 11 is 0. The second-order valence-electron chi connectivity index (χ2n) is 9.30. The van der Waals surface area contributed by atoms with E-state index in [9.17, 15) is 14.0 Å². The van der Waals surface area contributed by atoms with Crippen molar-refractivity contribution < 1.29 is 18.7 Å². The van der Waals surface area contributed by atoms with Crippen molar-refractivity contribution in [2.45, 2.75) is 19.3 Å². The van der Waals surface area contributed by atoms with Crippen LogP contribution in [0.4, 0.5) is 4.39 Å². The minimum absolute atomic E-state index is 0.111. The van der Waals surface area contributed by atoms with Crippen molar-refractivity contribution in [1.82, 2.24) is 14.7 Å². The Bertz CT molecular complexity index is 962. The summed E-state index contributed by atoms with van der Waals surface area (Å²) in [6.07, 6.45) is 1.90. The molecule has 2 amide bonds. The number of piperidine rings is 1. The number of piperazine rings is 1. The lowest BCUT2D eigenvalue weighted by molar-refractivity contribution is -0.137. The van der Waals surface area contributed by atoms with E-state index in [4.69, 9.17) is 4.74 Å². The van der Waals surface area contributed by atoms with Gasteiger partial charge in [0.25, 0.3) is 5.91 Å². The zero-order chi connectivity index (χ0) is 23.3. The first-order chi connectivity index (χ1) is 15.9. The number of amides is 2. The second-order valence-corrected chi connectivity index (χ2v) is 9.30. The Labute approximate surface area is 194 Å². The fourth-order valence-electron chi connectivity index (χ4n) is 4.74. The third kappa shape index (κ3) is 5.90. The number of likely N-dealkylation sites (N-methyl/N-ethyl adjacent to an activating group) is 1. The molecule has 2 aliphatic heterocycles. The van der Waals surface area contributed by atoms with E-state index in [0.29, 0.717) is 31.7 Å². The highest BCUT2D eigenvalue weighted by atomic mass is 19.1. The van der Waals surface area contributed by atoms with Crippen molar-refractivity contribution in [2.75, 3.05) is 52.9 Å². The summed E-state index contributed by atoms with van der Waals surface area (Å²) in [4.78, 5) is 32.3. The number of nitrogens with zero attached hydrogens (tertiary/aromatic N) is 3. The van der Waals surface area contributed by atoms with E-state index < -0.39 is 11.2 Å². The molecule has 0 bridgehead atoms. The van der Waals surface area contributed by atoms with Crippen LogP contribution >= 0.6 is 0 Å². The molecule has 2 aromatic carbocycles. The predicted octanol–water partition coefficient (Wildman–Crippen LogP) is 3.29. The average molecular weight is 454 g/mol. The molecule has 33 heavy (non-hydrogen) atoms. The molecule has 2 fully saturated rings. The Hall–Kier alpha value is -2.93. The lowest BCUT2D eigenvalue weighted by Crippen LogP contribution is -2.53. The van der Waals surface area contributed by atoms with Gasteiger partial charge in [0.1, 0.15) is 11.6 Å². The first-order valence-electron chi connectivity index (χ1n) is 11.6. The van der Waals surface area contributed by atoms with Gasteiger partial charge in [0, 0.05) is 56.7 Å². The molecule has 0 saturated carbocycles. The topological polar surface area (TPSA) is 53.1 Å². The van der Waals surface area contributed by atoms with Crippen LogP contribution < -0.4 is 4.74 Å². The van der Waals surface area contributed by atoms with Crippen molar-refractivity contribution in [3.8, 4) is 5.75 Å². The highest BCUT2D eigenvalue weighted by Crippen LogP contribution is 2.36. The number of benzene rings is 2. The molecule has 2 aromatic rings. The van der Waals surface area contributed by atoms with Crippen LogP contribution in [0.5, 0.6) is 5.75 Å². The van der Waals surface area contributed by atoms with Crippen molar-refractivity contribution in [2.24, 2.45) is 5.41 Å². The number of para-hydroxylation sites is 1. The van der Waals surface area contributed by atoms with Crippen LogP contribution in [-0.4, -0.2) is 79.4 Å². The van der Waals surface area contributed by atoms with E-state index in [0.717, 1.165) is 44.8 Å². The maximum Gasteiger partial charge on any atom is 0.253 e. The first-order valence-corrected chi connectivity index (χ1v) is 11.6. The maximum atomic E-state index is 13.7. The van der Waals surface area contributed by atoms with E-state index in [1.807, 2.05) is 35.2 Å². The molecule has 0 unspecified atom stereocenters. The number of carbonyl (C=O) groups is 2. The van der Waals surface area contributed by atoms with Crippen LogP contribution in [0.1, 0.15) is 29.6 Å². The zero-order valence-corrected chi connectivity index (χ0v) is 19.2. The maximum absolute atomic E-state index is 13.7. The van der Waals surface area contributed by atoms with Gasteiger partial charge in [0.15, 0.2) is 0 Å². The minimum atomic E-state index is -0.489. The number of ether oxygens (including phenoxy) is 1. The van der Waals surface area contributed by atoms with Crippen molar-refractivity contribution in [3.63, 3.8) is 0 Å². The Morgan fingerprint density at radius 3 is 2.45 bits per heavy atom. The van der Waals surface area contributed by atoms with E-state index in [1.54, 1.807) is 17.0 Å². The third-order valence-electron chi connectivity index (χ3n) is 6.69. The summed E-state index contributed by atoms with van der Waals surface area (Å²) in [5.74, 6) is 0.226.